The molecule has 0 spiro atoms. The number of carbonyl (C=O) groups excluding carboxylic acids is 1. The maximum absolute atomic E-state index is 12.5. The summed E-state index contributed by atoms with van der Waals surface area (Å²) >= 11 is 0. The van der Waals surface area contributed by atoms with Crippen molar-refractivity contribution < 1.29 is 23.7 Å². The molecule has 0 aliphatic carbocycles. The average Bonchev–Trinajstić information content (AvgIpc) is 2.86. The highest BCUT2D eigenvalue weighted by atomic mass is 16.5. The molecule has 1 saturated heterocycles. The Balaban J connectivity index is 1.51. The Kier molecular flexibility index (Phi) is 10.3. The van der Waals surface area contributed by atoms with E-state index in [0.29, 0.717) is 49.3 Å². The van der Waals surface area contributed by atoms with Crippen LogP contribution in [0.4, 0.5) is 0 Å². The molecule has 0 bridgehead atoms. The molecule has 1 aromatic heterocycles. The lowest BCUT2D eigenvalue weighted by atomic mass is 10.2. The van der Waals surface area contributed by atoms with Gasteiger partial charge in [-0.2, -0.15) is 0 Å². The van der Waals surface area contributed by atoms with Crippen molar-refractivity contribution in [2.45, 2.75) is 19.8 Å². The number of hydrogen-bond donors (Lipinski definition) is 2. The van der Waals surface area contributed by atoms with Crippen molar-refractivity contribution in [3.8, 4) is 22.9 Å². The van der Waals surface area contributed by atoms with E-state index in [-0.39, 0.29) is 30.0 Å². The number of nitrogens with one attached hydrogen (secondary N) is 2. The summed E-state index contributed by atoms with van der Waals surface area (Å²) in [5.74, 6) is 1.26. The molecule has 1 aliphatic heterocycles. The van der Waals surface area contributed by atoms with Crippen LogP contribution in [0.5, 0.6) is 11.5 Å². The molecule has 1 aliphatic rings. The van der Waals surface area contributed by atoms with E-state index in [1.54, 1.807) is 18.2 Å². The first-order valence-corrected chi connectivity index (χ1v) is 11.5. The SMILES string of the molecule is CCOCCOc1ccc(-c2nnc(CCC(=O)NCCN3CCOCC3)c(=O)[nH]2)cc1OC. The Bertz CT molecular complexity index is 977. The van der Waals surface area contributed by atoms with Crippen molar-refractivity contribution >= 4 is 5.91 Å². The third-order valence-corrected chi connectivity index (χ3v) is 5.33. The first-order chi connectivity index (χ1) is 16.6. The summed E-state index contributed by atoms with van der Waals surface area (Å²) < 4.78 is 21.7. The van der Waals surface area contributed by atoms with E-state index >= 15 is 0 Å². The predicted octanol–water partition coefficient (Wildman–Crippen LogP) is 0.637. The molecule has 0 saturated carbocycles. The number of ether oxygens (including phenoxy) is 4. The lowest BCUT2D eigenvalue weighted by molar-refractivity contribution is -0.121. The van der Waals surface area contributed by atoms with Crippen LogP contribution in [0, 0.1) is 0 Å². The zero-order valence-corrected chi connectivity index (χ0v) is 19.8. The molecule has 11 nitrogen and oxygen atoms in total. The van der Waals surface area contributed by atoms with E-state index < -0.39 is 0 Å². The fraction of sp³-hybridized carbons (Fsp3) is 0.565. The van der Waals surface area contributed by atoms with Gasteiger partial charge in [0, 0.05) is 51.2 Å². The number of methoxy groups -OCH3 is 1. The van der Waals surface area contributed by atoms with E-state index in [2.05, 4.69) is 25.4 Å². The van der Waals surface area contributed by atoms with Crippen molar-refractivity contribution in [3.05, 3.63) is 34.2 Å². The highest BCUT2D eigenvalue weighted by Crippen LogP contribution is 2.31. The summed E-state index contributed by atoms with van der Waals surface area (Å²) in [5, 5.41) is 11.1. The van der Waals surface area contributed by atoms with Gasteiger partial charge in [-0.25, -0.2) is 0 Å². The van der Waals surface area contributed by atoms with Gasteiger partial charge in [0.25, 0.3) is 5.56 Å². The molecule has 1 aromatic carbocycles. The lowest BCUT2D eigenvalue weighted by Gasteiger charge is -2.26. The smallest absolute Gasteiger partial charge is 0.273 e. The van der Waals surface area contributed by atoms with Gasteiger partial charge in [-0.3, -0.25) is 14.5 Å². The normalized spacial score (nSPS) is 14.1. The van der Waals surface area contributed by atoms with Crippen LogP contribution in [0.3, 0.4) is 0 Å². The Morgan fingerprint density at radius 1 is 1.21 bits per heavy atom. The zero-order valence-electron chi connectivity index (χ0n) is 19.8. The van der Waals surface area contributed by atoms with Crippen LogP contribution in [-0.2, 0) is 20.7 Å². The van der Waals surface area contributed by atoms with Crippen LogP contribution in [0.25, 0.3) is 11.4 Å². The standard InChI is InChI=1S/C23H33N5O6/c1-3-32-14-15-34-19-6-4-17(16-20(19)31-2)22-25-23(30)18(26-27-22)5-7-21(29)24-8-9-28-10-12-33-13-11-28/h4,6,16H,3,5,7-15H2,1-2H3,(H,24,29)(H,25,27,30). The number of carbonyl (C=O) groups is 1. The van der Waals surface area contributed by atoms with Crippen molar-refractivity contribution in [3.63, 3.8) is 0 Å². The third-order valence-electron chi connectivity index (χ3n) is 5.33. The van der Waals surface area contributed by atoms with Gasteiger partial charge in [0.15, 0.2) is 17.3 Å². The molecule has 2 heterocycles. The van der Waals surface area contributed by atoms with Gasteiger partial charge in [0.1, 0.15) is 12.3 Å². The zero-order chi connectivity index (χ0) is 24.2. The maximum Gasteiger partial charge on any atom is 0.273 e. The monoisotopic (exact) mass is 475 g/mol. The van der Waals surface area contributed by atoms with Crippen LogP contribution >= 0.6 is 0 Å². The number of aromatic nitrogens is 3. The number of hydrogen-bond acceptors (Lipinski definition) is 9. The molecule has 34 heavy (non-hydrogen) atoms. The Hall–Kier alpha value is -3.02. The quantitative estimate of drug-likeness (QED) is 0.401. The maximum atomic E-state index is 12.5. The number of aromatic amines is 1. The Morgan fingerprint density at radius 2 is 2.03 bits per heavy atom. The average molecular weight is 476 g/mol. The molecule has 2 N–H and O–H groups in total. The molecule has 0 atom stereocenters. The minimum absolute atomic E-state index is 0.122. The Labute approximate surface area is 198 Å². The third kappa shape index (κ3) is 7.79. The van der Waals surface area contributed by atoms with Gasteiger partial charge in [-0.05, 0) is 25.1 Å². The molecule has 1 amide bonds. The van der Waals surface area contributed by atoms with E-state index in [4.69, 9.17) is 18.9 Å². The second kappa shape index (κ2) is 13.6. The van der Waals surface area contributed by atoms with Crippen LogP contribution < -0.4 is 20.3 Å². The minimum Gasteiger partial charge on any atom is -0.493 e. The van der Waals surface area contributed by atoms with Gasteiger partial charge in [0.2, 0.25) is 5.91 Å². The number of rotatable bonds is 13. The molecule has 1 fully saturated rings. The fourth-order valence-corrected chi connectivity index (χ4v) is 3.44. The summed E-state index contributed by atoms with van der Waals surface area (Å²) in [6, 6.07) is 5.23. The highest BCUT2D eigenvalue weighted by molar-refractivity contribution is 5.76. The van der Waals surface area contributed by atoms with E-state index in [1.165, 1.54) is 7.11 Å². The first-order valence-electron chi connectivity index (χ1n) is 11.5. The van der Waals surface area contributed by atoms with Crippen molar-refractivity contribution in [2.75, 3.05) is 66.3 Å². The topological polar surface area (TPSA) is 128 Å². The highest BCUT2D eigenvalue weighted by Gasteiger charge is 2.13. The second-order valence-electron chi connectivity index (χ2n) is 7.66. The van der Waals surface area contributed by atoms with Crippen molar-refractivity contribution in [1.29, 1.82) is 0 Å². The fourth-order valence-electron chi connectivity index (χ4n) is 3.44. The summed E-state index contributed by atoms with van der Waals surface area (Å²) in [6.45, 7) is 7.98. The van der Waals surface area contributed by atoms with Crippen molar-refractivity contribution in [1.82, 2.24) is 25.4 Å². The number of morpholine rings is 1. The lowest BCUT2D eigenvalue weighted by Crippen LogP contribution is -2.41. The predicted molar refractivity (Wildman–Crippen MR) is 125 cm³/mol. The Morgan fingerprint density at radius 3 is 2.76 bits per heavy atom. The van der Waals surface area contributed by atoms with Crippen LogP contribution in [0.2, 0.25) is 0 Å². The number of nitrogens with zero attached hydrogens (tertiary/aromatic N) is 3. The van der Waals surface area contributed by atoms with Crippen LogP contribution in [-0.4, -0.2) is 92.3 Å². The van der Waals surface area contributed by atoms with Crippen molar-refractivity contribution in [2.24, 2.45) is 0 Å². The summed E-state index contributed by atoms with van der Waals surface area (Å²) in [5.41, 5.74) is 0.475. The van der Waals surface area contributed by atoms with Crippen LogP contribution in [0.15, 0.2) is 23.0 Å². The van der Waals surface area contributed by atoms with E-state index in [0.717, 1.165) is 32.8 Å². The number of aryl methyl sites for hydroxylation is 1. The summed E-state index contributed by atoms with van der Waals surface area (Å²) in [6.07, 6.45) is 0.379. The van der Waals surface area contributed by atoms with Crippen LogP contribution in [0.1, 0.15) is 19.0 Å². The van der Waals surface area contributed by atoms with Gasteiger partial charge in [0.05, 0.1) is 26.9 Å². The van der Waals surface area contributed by atoms with Gasteiger partial charge < -0.3 is 29.2 Å². The largest absolute Gasteiger partial charge is 0.493 e. The minimum atomic E-state index is -0.373. The molecule has 0 unspecified atom stereocenters. The van der Waals surface area contributed by atoms with Gasteiger partial charge in [-0.1, -0.05) is 0 Å². The number of benzene rings is 1. The number of H-pyrrole nitrogens is 1. The molecule has 186 valence electrons. The first kappa shape index (κ1) is 25.6. The van der Waals surface area contributed by atoms with Gasteiger partial charge >= 0.3 is 0 Å². The summed E-state index contributed by atoms with van der Waals surface area (Å²) in [4.78, 5) is 29.6. The number of amides is 1. The molecular formula is C23H33N5O6. The molecule has 11 heteroatoms. The second-order valence-corrected chi connectivity index (χ2v) is 7.66. The molecule has 0 radical (unpaired) electrons. The van der Waals surface area contributed by atoms with E-state index in [1.807, 2.05) is 6.92 Å². The van der Waals surface area contributed by atoms with Gasteiger partial charge in [-0.15, -0.1) is 10.2 Å². The molecular weight excluding hydrogens is 442 g/mol. The molecule has 3 rings (SSSR count). The van der Waals surface area contributed by atoms with E-state index in [9.17, 15) is 9.59 Å². The summed E-state index contributed by atoms with van der Waals surface area (Å²) in [7, 11) is 1.54. The molecule has 2 aromatic rings.